The Morgan fingerprint density at radius 3 is 2.41 bits per heavy atom. The van der Waals surface area contributed by atoms with E-state index in [1.54, 1.807) is 11.0 Å². The smallest absolute Gasteiger partial charge is 0.255 e. The molecule has 6 aliphatic rings. The molecule has 4 saturated heterocycles. The van der Waals surface area contributed by atoms with E-state index in [-0.39, 0.29) is 29.9 Å². The van der Waals surface area contributed by atoms with Crippen molar-refractivity contribution in [1.29, 1.82) is 0 Å². The number of phenols is 1. The van der Waals surface area contributed by atoms with E-state index in [0.29, 0.717) is 47.8 Å². The van der Waals surface area contributed by atoms with Gasteiger partial charge in [0.15, 0.2) is 5.82 Å². The van der Waals surface area contributed by atoms with Crippen LogP contribution in [0, 0.1) is 0 Å². The normalized spacial score (nSPS) is 24.6. The molecule has 3 N–H and O–H groups in total. The minimum Gasteiger partial charge on any atom is -0.507 e. The number of para-hydroxylation sites is 1. The van der Waals surface area contributed by atoms with Gasteiger partial charge >= 0.3 is 0 Å². The van der Waals surface area contributed by atoms with E-state index in [0.717, 1.165) is 82.3 Å². The minimum atomic E-state index is -0.569. The summed E-state index contributed by atoms with van der Waals surface area (Å²) in [6, 6.07) is 16.1. The number of benzene rings is 2. The number of hydrogen-bond donors (Lipinski definition) is 3. The number of phenolic OH excluding ortho intramolecular Hbond substituents is 1. The second-order valence-corrected chi connectivity index (χ2v) is 16.1. The van der Waals surface area contributed by atoms with Crippen LogP contribution in [0.25, 0.3) is 11.3 Å². The number of rotatable bonds is 8. The average Bonchev–Trinajstić information content (AvgIpc) is 3.53. The first kappa shape index (κ1) is 35.1. The quantitative estimate of drug-likeness (QED) is 0.295. The summed E-state index contributed by atoms with van der Waals surface area (Å²) in [5.74, 6) is 0.816. The molecule has 13 heteroatoms. The highest BCUT2D eigenvalue weighted by Crippen LogP contribution is 2.37. The molecule has 6 aliphatic heterocycles. The third kappa shape index (κ3) is 6.93. The van der Waals surface area contributed by atoms with Crippen molar-refractivity contribution in [3.8, 4) is 17.0 Å². The predicted octanol–water partition coefficient (Wildman–Crippen LogP) is 3.26. The van der Waals surface area contributed by atoms with Crippen molar-refractivity contribution in [2.75, 3.05) is 75.7 Å². The van der Waals surface area contributed by atoms with Crippen molar-refractivity contribution in [3.63, 3.8) is 0 Å². The molecule has 13 nitrogen and oxygen atoms in total. The van der Waals surface area contributed by atoms with Crippen LogP contribution in [0.4, 0.5) is 11.5 Å². The zero-order valence-corrected chi connectivity index (χ0v) is 31.0. The summed E-state index contributed by atoms with van der Waals surface area (Å²) >= 11 is 0. The fraction of sp³-hybridized carbons (Fsp3) is 0.537. The second kappa shape index (κ2) is 14.9. The third-order valence-corrected chi connectivity index (χ3v) is 12.9. The minimum absolute atomic E-state index is 0.101. The largest absolute Gasteiger partial charge is 0.507 e. The Morgan fingerprint density at radius 1 is 0.778 bits per heavy atom. The summed E-state index contributed by atoms with van der Waals surface area (Å²) in [5, 5.41) is 25.1. The van der Waals surface area contributed by atoms with Crippen molar-refractivity contribution in [2.45, 2.75) is 75.5 Å². The number of nitrogens with one attached hydrogen (secondary N) is 2. The standard InChI is InChI=1S/C41H51N9O4/c51-37-5-2-1-4-33(37)34-23-36-39(45-44-34)42-24-31-26-47(20-21-49(31)36)15-3-14-46-16-12-30(13-17-46)48-18-10-27(11-19-48)28-6-7-32-29(22-28)25-50(41(32)54)35-8-9-38(52)43-40(35)53/h1-2,4-7,22-23,27,30-31,35,51H,3,8-21,24-26H2,(H,42,45)(H,43,52,53)/t31-,35?/m0/s1. The number of carbonyl (C=O) groups excluding carboxylic acids is 3. The van der Waals surface area contributed by atoms with Gasteiger partial charge in [0, 0.05) is 56.3 Å². The van der Waals surface area contributed by atoms with Crippen LogP contribution in [0.5, 0.6) is 5.75 Å². The molecule has 1 aromatic heterocycles. The molecule has 3 amide bonds. The lowest BCUT2D eigenvalue weighted by molar-refractivity contribution is -0.136. The van der Waals surface area contributed by atoms with Crippen molar-refractivity contribution in [2.24, 2.45) is 0 Å². The van der Waals surface area contributed by atoms with Crippen LogP contribution in [-0.4, -0.2) is 136 Å². The maximum atomic E-state index is 13.2. The molecule has 284 valence electrons. The molecule has 0 aliphatic carbocycles. The Morgan fingerprint density at radius 2 is 1.59 bits per heavy atom. The molecule has 0 bridgehead atoms. The number of hydrogen-bond acceptors (Lipinski definition) is 11. The van der Waals surface area contributed by atoms with E-state index in [9.17, 15) is 19.5 Å². The number of carbonyl (C=O) groups is 3. The average molecular weight is 734 g/mol. The number of piperazine rings is 1. The Hall–Kier alpha value is -4.59. The van der Waals surface area contributed by atoms with Gasteiger partial charge in [-0.15, -0.1) is 10.2 Å². The summed E-state index contributed by atoms with van der Waals surface area (Å²) in [6.45, 7) is 11.2. The van der Waals surface area contributed by atoms with Gasteiger partial charge < -0.3 is 30.0 Å². The fourth-order valence-electron chi connectivity index (χ4n) is 9.85. The summed E-state index contributed by atoms with van der Waals surface area (Å²) in [5.41, 5.74) is 5.48. The number of fused-ring (bicyclic) bond motifs is 4. The molecule has 2 aromatic carbocycles. The molecule has 0 spiro atoms. The topological polar surface area (TPSA) is 137 Å². The van der Waals surface area contributed by atoms with Gasteiger partial charge in [-0.2, -0.15) is 0 Å². The Bertz CT molecular complexity index is 1910. The third-order valence-electron chi connectivity index (χ3n) is 12.9. The first-order chi connectivity index (χ1) is 26.4. The van der Waals surface area contributed by atoms with E-state index in [4.69, 9.17) is 0 Å². The van der Waals surface area contributed by atoms with E-state index in [1.807, 2.05) is 24.3 Å². The molecular formula is C41H51N9O4. The zero-order valence-electron chi connectivity index (χ0n) is 31.0. The van der Waals surface area contributed by atoms with Crippen molar-refractivity contribution in [1.82, 2.24) is 35.1 Å². The summed E-state index contributed by atoms with van der Waals surface area (Å²) in [6.07, 6.45) is 6.58. The van der Waals surface area contributed by atoms with Crippen molar-refractivity contribution in [3.05, 3.63) is 65.2 Å². The SMILES string of the molecule is O=C1CCC(N2Cc3cc(C4CCN(C5CCN(CCCN6CCN7c8cc(-c9ccccc9O)nnc8NC[C@H]7C6)CC5)CC4)ccc3C2=O)C(=O)N1. The summed E-state index contributed by atoms with van der Waals surface area (Å²) < 4.78 is 0. The van der Waals surface area contributed by atoms with Gasteiger partial charge in [-0.05, 0) is 119 Å². The predicted molar refractivity (Wildman–Crippen MR) is 205 cm³/mol. The van der Waals surface area contributed by atoms with Crippen LogP contribution < -0.4 is 15.5 Å². The van der Waals surface area contributed by atoms with E-state index >= 15 is 0 Å². The second-order valence-electron chi connectivity index (χ2n) is 16.1. The van der Waals surface area contributed by atoms with Crippen molar-refractivity contribution < 1.29 is 19.5 Å². The number of amides is 3. The molecule has 54 heavy (non-hydrogen) atoms. The number of nitrogens with zero attached hydrogens (tertiary/aromatic N) is 7. The van der Waals surface area contributed by atoms with E-state index < -0.39 is 6.04 Å². The van der Waals surface area contributed by atoms with Gasteiger partial charge in [0.1, 0.15) is 11.8 Å². The van der Waals surface area contributed by atoms with Crippen LogP contribution in [0.15, 0.2) is 48.5 Å². The lowest BCUT2D eigenvalue weighted by Gasteiger charge is -2.46. The summed E-state index contributed by atoms with van der Waals surface area (Å²) in [7, 11) is 0. The molecule has 4 fully saturated rings. The number of anilines is 2. The highest BCUT2D eigenvalue weighted by Gasteiger charge is 2.40. The van der Waals surface area contributed by atoms with Gasteiger partial charge in [0.25, 0.3) is 5.91 Å². The Kier molecular flexibility index (Phi) is 9.70. The van der Waals surface area contributed by atoms with Gasteiger partial charge in [0.05, 0.1) is 17.4 Å². The van der Waals surface area contributed by atoms with Crippen LogP contribution in [0.3, 0.4) is 0 Å². The number of likely N-dealkylation sites (tertiary alicyclic amines) is 2. The Labute approximate surface area is 316 Å². The molecular weight excluding hydrogens is 683 g/mol. The maximum absolute atomic E-state index is 13.2. The molecule has 3 aromatic rings. The lowest BCUT2D eigenvalue weighted by atomic mass is 9.86. The number of imide groups is 1. The number of aromatic hydroxyl groups is 1. The van der Waals surface area contributed by atoms with Gasteiger partial charge in [-0.3, -0.25) is 24.6 Å². The van der Waals surface area contributed by atoms with Gasteiger partial charge in [-0.25, -0.2) is 0 Å². The molecule has 9 rings (SSSR count). The van der Waals surface area contributed by atoms with E-state index in [2.05, 4.69) is 58.6 Å². The van der Waals surface area contributed by atoms with Crippen LogP contribution in [-0.2, 0) is 16.1 Å². The van der Waals surface area contributed by atoms with Crippen LogP contribution in [0.2, 0.25) is 0 Å². The molecule has 2 atom stereocenters. The van der Waals surface area contributed by atoms with Crippen LogP contribution >= 0.6 is 0 Å². The fourth-order valence-corrected chi connectivity index (χ4v) is 9.85. The van der Waals surface area contributed by atoms with E-state index in [1.165, 1.54) is 37.9 Å². The highest BCUT2D eigenvalue weighted by atomic mass is 16.3. The Balaban J connectivity index is 0.703. The molecule has 7 heterocycles. The molecule has 0 saturated carbocycles. The maximum Gasteiger partial charge on any atom is 0.255 e. The monoisotopic (exact) mass is 733 g/mol. The van der Waals surface area contributed by atoms with Gasteiger partial charge in [0.2, 0.25) is 11.8 Å². The number of piperidine rings is 3. The lowest BCUT2D eigenvalue weighted by Crippen LogP contribution is -2.58. The molecule has 1 unspecified atom stereocenters. The summed E-state index contributed by atoms with van der Waals surface area (Å²) in [4.78, 5) is 49.4. The number of aromatic nitrogens is 2. The first-order valence-electron chi connectivity index (χ1n) is 20.0. The van der Waals surface area contributed by atoms with Crippen LogP contribution in [0.1, 0.15) is 72.3 Å². The van der Waals surface area contributed by atoms with Gasteiger partial charge in [-0.1, -0.05) is 24.3 Å². The molecule has 0 radical (unpaired) electrons. The van der Waals surface area contributed by atoms with Crippen molar-refractivity contribution >= 4 is 29.2 Å². The first-order valence-corrected chi connectivity index (χ1v) is 20.0. The zero-order chi connectivity index (χ0) is 36.8. The highest BCUT2D eigenvalue weighted by molar-refractivity contribution is 6.05.